The molecule has 0 fully saturated rings. The van der Waals surface area contributed by atoms with E-state index < -0.39 is 59.9 Å². The van der Waals surface area contributed by atoms with Gasteiger partial charge in [0.25, 0.3) is 0 Å². The van der Waals surface area contributed by atoms with Gasteiger partial charge in [0.05, 0.1) is 30.7 Å². The Morgan fingerprint density at radius 3 is 2.65 bits per heavy atom. The zero-order valence-corrected chi connectivity index (χ0v) is 21.6. The first-order chi connectivity index (χ1) is 18.9. The van der Waals surface area contributed by atoms with Crippen LogP contribution in [0.3, 0.4) is 0 Å². The van der Waals surface area contributed by atoms with Crippen molar-refractivity contribution in [2.75, 3.05) is 13.2 Å². The molecule has 0 radical (unpaired) electrons. The van der Waals surface area contributed by atoms with Crippen LogP contribution in [0.25, 0.3) is 0 Å². The van der Waals surface area contributed by atoms with Gasteiger partial charge in [0.1, 0.15) is 17.6 Å². The van der Waals surface area contributed by atoms with Gasteiger partial charge in [-0.3, -0.25) is 14.4 Å². The Kier molecular flexibility index (Phi) is 10.8. The molecule has 2 aromatic rings. The number of carbonyl (C=O) groups is 3. The van der Waals surface area contributed by atoms with Crippen molar-refractivity contribution >= 4 is 17.7 Å². The van der Waals surface area contributed by atoms with Crippen molar-refractivity contribution in [2.24, 2.45) is 5.73 Å². The molecular formula is C27H32F4N4O5. The fourth-order valence-corrected chi connectivity index (χ4v) is 4.26. The molecule has 13 heteroatoms. The number of carbonyl (C=O) groups excluding carboxylic acids is 3. The molecule has 40 heavy (non-hydrogen) atoms. The zero-order chi connectivity index (χ0) is 29.3. The summed E-state index contributed by atoms with van der Waals surface area (Å²) in [5.74, 6) is -2.45. The van der Waals surface area contributed by atoms with E-state index in [1.807, 2.05) is 0 Å². The number of fused-ring (bicyclic) bond motifs is 2. The second-order valence-electron chi connectivity index (χ2n) is 9.61. The van der Waals surface area contributed by atoms with E-state index in [4.69, 9.17) is 10.5 Å². The molecule has 1 aliphatic heterocycles. The lowest BCUT2D eigenvalue weighted by molar-refractivity contribution is -0.137. The molecular weight excluding hydrogens is 536 g/mol. The number of nitrogens with two attached hydrogens (primary N) is 1. The average Bonchev–Trinajstić information content (AvgIpc) is 2.86. The highest BCUT2D eigenvalue weighted by Gasteiger charge is 2.31. The van der Waals surface area contributed by atoms with E-state index >= 15 is 0 Å². The van der Waals surface area contributed by atoms with Crippen LogP contribution in [-0.2, 0) is 33.5 Å². The molecule has 0 unspecified atom stereocenters. The molecule has 0 spiro atoms. The van der Waals surface area contributed by atoms with Crippen LogP contribution in [0.1, 0.15) is 42.4 Å². The summed E-state index contributed by atoms with van der Waals surface area (Å²) in [5, 5.41) is 18.9. The summed E-state index contributed by atoms with van der Waals surface area (Å²) < 4.78 is 59.0. The number of alkyl halides is 3. The molecule has 2 bridgehead atoms. The van der Waals surface area contributed by atoms with Crippen LogP contribution in [-0.4, -0.2) is 54.2 Å². The van der Waals surface area contributed by atoms with E-state index in [-0.39, 0.29) is 38.3 Å². The maximum absolute atomic E-state index is 14.3. The number of rotatable bonds is 7. The van der Waals surface area contributed by atoms with Crippen molar-refractivity contribution < 1.29 is 41.8 Å². The minimum Gasteiger partial charge on any atom is -0.493 e. The number of ether oxygens (including phenoxy) is 1. The van der Waals surface area contributed by atoms with Crippen molar-refractivity contribution in [1.82, 2.24) is 16.0 Å². The van der Waals surface area contributed by atoms with Gasteiger partial charge in [-0.1, -0.05) is 18.2 Å². The van der Waals surface area contributed by atoms with Gasteiger partial charge in [0.15, 0.2) is 0 Å². The van der Waals surface area contributed by atoms with E-state index in [1.54, 1.807) is 6.07 Å². The molecule has 9 nitrogen and oxygen atoms in total. The second kappa shape index (κ2) is 14.1. The van der Waals surface area contributed by atoms with Crippen molar-refractivity contribution in [2.45, 2.75) is 63.0 Å². The molecule has 1 heterocycles. The third-order valence-corrected chi connectivity index (χ3v) is 6.24. The monoisotopic (exact) mass is 568 g/mol. The number of aliphatic hydroxyl groups excluding tert-OH is 1. The van der Waals surface area contributed by atoms with Crippen LogP contribution >= 0.6 is 0 Å². The predicted octanol–water partition coefficient (Wildman–Crippen LogP) is 1.95. The fourth-order valence-electron chi connectivity index (χ4n) is 4.26. The highest BCUT2D eigenvalue weighted by Crippen LogP contribution is 2.29. The van der Waals surface area contributed by atoms with Gasteiger partial charge in [-0.15, -0.1) is 0 Å². The van der Waals surface area contributed by atoms with Gasteiger partial charge in [0.2, 0.25) is 17.7 Å². The Balaban J connectivity index is 1.80. The van der Waals surface area contributed by atoms with Crippen molar-refractivity contribution in [3.05, 3.63) is 65.0 Å². The van der Waals surface area contributed by atoms with E-state index in [0.29, 0.717) is 24.0 Å². The van der Waals surface area contributed by atoms with Crippen LogP contribution in [0.2, 0.25) is 0 Å². The number of amides is 3. The molecule has 0 aliphatic carbocycles. The van der Waals surface area contributed by atoms with E-state index in [1.165, 1.54) is 24.3 Å². The Bertz CT molecular complexity index is 1190. The summed E-state index contributed by atoms with van der Waals surface area (Å²) in [6, 6.07) is 6.32. The quantitative estimate of drug-likeness (QED) is 0.323. The van der Waals surface area contributed by atoms with Crippen LogP contribution in [0.4, 0.5) is 17.6 Å². The Morgan fingerprint density at radius 2 is 1.93 bits per heavy atom. The third-order valence-electron chi connectivity index (χ3n) is 6.24. The Hall–Kier alpha value is -3.71. The molecule has 0 saturated heterocycles. The fraction of sp³-hybridized carbons (Fsp3) is 0.444. The maximum atomic E-state index is 14.3. The van der Waals surface area contributed by atoms with Gasteiger partial charge < -0.3 is 31.5 Å². The minimum atomic E-state index is -4.51. The van der Waals surface area contributed by atoms with E-state index in [2.05, 4.69) is 16.0 Å². The van der Waals surface area contributed by atoms with Crippen LogP contribution in [0.5, 0.6) is 5.75 Å². The number of hydrogen-bond donors (Lipinski definition) is 5. The Labute approximate surface area is 228 Å². The SMILES string of the molecule is NC(=O)C[C@@H]1NC(=O)CCCCOc2cc(F)cc(c2)C[C@@H]([C@H](O)CNCc2cccc(C(F)(F)F)c2)NC1=O. The lowest BCUT2D eigenvalue weighted by Crippen LogP contribution is -2.55. The number of nitrogens with one attached hydrogen (secondary N) is 3. The molecule has 2 aromatic carbocycles. The zero-order valence-electron chi connectivity index (χ0n) is 21.6. The van der Waals surface area contributed by atoms with E-state index in [9.17, 15) is 37.1 Å². The summed E-state index contributed by atoms with van der Waals surface area (Å²) in [7, 11) is 0. The highest BCUT2D eigenvalue weighted by molar-refractivity contribution is 5.91. The topological polar surface area (TPSA) is 143 Å². The lowest BCUT2D eigenvalue weighted by atomic mass is 9.99. The number of hydrogen-bond acceptors (Lipinski definition) is 6. The molecule has 3 rings (SSSR count). The van der Waals surface area contributed by atoms with Gasteiger partial charge in [-0.05, 0) is 48.6 Å². The number of benzene rings is 2. The van der Waals surface area contributed by atoms with Gasteiger partial charge in [-0.2, -0.15) is 13.2 Å². The highest BCUT2D eigenvalue weighted by atomic mass is 19.4. The van der Waals surface area contributed by atoms with Crippen LogP contribution in [0, 0.1) is 5.82 Å². The summed E-state index contributed by atoms with van der Waals surface area (Å²) in [6.07, 6.45) is -5.42. The van der Waals surface area contributed by atoms with Crippen LogP contribution < -0.4 is 26.4 Å². The van der Waals surface area contributed by atoms with Crippen LogP contribution in [0.15, 0.2) is 42.5 Å². The summed E-state index contributed by atoms with van der Waals surface area (Å²) >= 11 is 0. The first-order valence-electron chi connectivity index (χ1n) is 12.8. The van der Waals surface area contributed by atoms with Gasteiger partial charge >= 0.3 is 6.18 Å². The van der Waals surface area contributed by atoms with Gasteiger partial charge in [-0.25, -0.2) is 4.39 Å². The maximum Gasteiger partial charge on any atom is 0.416 e. The summed E-state index contributed by atoms with van der Waals surface area (Å²) in [4.78, 5) is 37.0. The molecule has 0 aromatic heterocycles. The van der Waals surface area contributed by atoms with Crippen molar-refractivity contribution in [3.8, 4) is 5.75 Å². The standard InChI is InChI=1S/C27H32F4N4O5/c28-19-9-17-10-20(12-19)40-7-2-1-6-25(38)34-22(13-24(32)37)26(39)35-21(11-17)23(36)15-33-14-16-4-3-5-18(8-16)27(29,30)31/h3-5,8-10,12,21-23,33,36H,1-2,6-7,11,13-15H2,(H2,32,37)(H,34,38)(H,35,39)/t21-,22-,23+/m0/s1. The smallest absolute Gasteiger partial charge is 0.416 e. The molecule has 1 aliphatic rings. The van der Waals surface area contributed by atoms with Gasteiger partial charge in [0, 0.05) is 25.6 Å². The average molecular weight is 569 g/mol. The Morgan fingerprint density at radius 1 is 1.15 bits per heavy atom. The molecule has 6 N–H and O–H groups in total. The largest absolute Gasteiger partial charge is 0.493 e. The van der Waals surface area contributed by atoms with Crippen molar-refractivity contribution in [1.29, 1.82) is 0 Å². The summed E-state index contributed by atoms with van der Waals surface area (Å²) in [5.41, 5.74) is 5.17. The number of primary amides is 1. The lowest BCUT2D eigenvalue weighted by Gasteiger charge is -2.27. The number of aliphatic hydroxyl groups is 1. The predicted molar refractivity (Wildman–Crippen MR) is 136 cm³/mol. The first kappa shape index (κ1) is 30.8. The molecule has 3 amide bonds. The molecule has 0 saturated carbocycles. The molecule has 3 atom stereocenters. The van der Waals surface area contributed by atoms with E-state index in [0.717, 1.165) is 12.1 Å². The first-order valence-corrected chi connectivity index (χ1v) is 12.8. The second-order valence-corrected chi connectivity index (χ2v) is 9.61. The normalized spacial score (nSPS) is 19.8. The summed E-state index contributed by atoms with van der Waals surface area (Å²) in [6.45, 7) is 0.0379. The van der Waals surface area contributed by atoms with Crippen molar-refractivity contribution in [3.63, 3.8) is 0 Å². The molecule has 218 valence electrons. The third kappa shape index (κ3) is 9.79. The minimum absolute atomic E-state index is 0.0139. The number of halogens is 4.